The van der Waals surface area contributed by atoms with E-state index in [0.29, 0.717) is 24.7 Å². The van der Waals surface area contributed by atoms with Crippen LogP contribution in [-0.4, -0.2) is 82.4 Å². The summed E-state index contributed by atoms with van der Waals surface area (Å²) >= 11 is 0. The summed E-state index contributed by atoms with van der Waals surface area (Å²) in [5.41, 5.74) is 0.0487. The Hall–Kier alpha value is -1.85. The number of carboxylic acid groups (broad SMARTS) is 1. The number of hydrogen-bond acceptors (Lipinski definition) is 8. The van der Waals surface area contributed by atoms with E-state index in [1.165, 1.54) is 18.9 Å². The van der Waals surface area contributed by atoms with Gasteiger partial charge in [0.1, 0.15) is 35.5 Å². The molecule has 0 radical (unpaired) electrons. The number of nitrogens with zero attached hydrogens (tertiary/aromatic N) is 1. The van der Waals surface area contributed by atoms with E-state index in [1.807, 2.05) is 0 Å². The monoisotopic (exact) mass is 406 g/mol. The molecule has 1 aromatic carbocycles. The van der Waals surface area contributed by atoms with E-state index < -0.39 is 13.1 Å². The number of rotatable bonds is 8. The summed E-state index contributed by atoms with van der Waals surface area (Å²) < 4.78 is 11.7. The molecule has 0 amide bonds. The van der Waals surface area contributed by atoms with Gasteiger partial charge in [-0.05, 0) is 43.8 Å². The van der Waals surface area contributed by atoms with Crippen LogP contribution in [0.3, 0.4) is 0 Å². The van der Waals surface area contributed by atoms with Gasteiger partial charge in [0.2, 0.25) is 0 Å². The first-order valence-corrected chi connectivity index (χ1v) is 10.2. The molecular weight excluding hydrogens is 379 g/mol. The number of ether oxygens (including phenoxy) is 2. The minimum absolute atomic E-state index is 0.00279. The SMILES string of the molecule is O=C(O)c1c(OC2CN(C3OC3C3CCCCN3)C2)ccc(CCB(O)O)c1O. The van der Waals surface area contributed by atoms with Crippen LogP contribution in [0.4, 0.5) is 0 Å². The molecule has 4 rings (SSSR count). The molecule has 158 valence electrons. The predicted octanol–water partition coefficient (Wildman–Crippen LogP) is 0.0357. The third kappa shape index (κ3) is 4.51. The molecule has 3 aliphatic heterocycles. The molecule has 5 N–H and O–H groups in total. The first-order chi connectivity index (χ1) is 13.9. The molecule has 0 bridgehead atoms. The fraction of sp³-hybridized carbons (Fsp3) is 0.632. The third-order valence-corrected chi connectivity index (χ3v) is 5.88. The van der Waals surface area contributed by atoms with Gasteiger partial charge in [-0.25, -0.2) is 4.79 Å². The van der Waals surface area contributed by atoms with Crippen molar-refractivity contribution in [1.29, 1.82) is 0 Å². The van der Waals surface area contributed by atoms with Gasteiger partial charge in [-0.15, -0.1) is 0 Å². The Morgan fingerprint density at radius 1 is 1.31 bits per heavy atom. The van der Waals surface area contributed by atoms with Crippen LogP contribution in [0.15, 0.2) is 12.1 Å². The molecule has 3 atom stereocenters. The summed E-state index contributed by atoms with van der Waals surface area (Å²) in [7, 11) is -1.52. The number of phenols is 1. The molecule has 3 aliphatic rings. The van der Waals surface area contributed by atoms with Crippen LogP contribution in [0.2, 0.25) is 6.32 Å². The largest absolute Gasteiger partial charge is 0.507 e. The fourth-order valence-electron chi connectivity index (χ4n) is 4.20. The maximum atomic E-state index is 11.6. The molecule has 29 heavy (non-hydrogen) atoms. The van der Waals surface area contributed by atoms with Gasteiger partial charge in [0.25, 0.3) is 0 Å². The summed E-state index contributed by atoms with van der Waals surface area (Å²) in [5.74, 6) is -1.55. The van der Waals surface area contributed by atoms with E-state index in [-0.39, 0.29) is 48.2 Å². The van der Waals surface area contributed by atoms with Gasteiger partial charge in [0.15, 0.2) is 0 Å². The lowest BCUT2D eigenvalue weighted by Crippen LogP contribution is -2.56. The van der Waals surface area contributed by atoms with Crippen molar-refractivity contribution in [2.75, 3.05) is 19.6 Å². The first kappa shape index (κ1) is 20.4. The van der Waals surface area contributed by atoms with E-state index in [1.54, 1.807) is 6.07 Å². The number of likely N-dealkylation sites (tertiary alicyclic amines) is 1. The molecule has 3 heterocycles. The van der Waals surface area contributed by atoms with Crippen molar-refractivity contribution in [3.05, 3.63) is 23.3 Å². The van der Waals surface area contributed by atoms with Gasteiger partial charge in [-0.2, -0.15) is 0 Å². The zero-order valence-corrected chi connectivity index (χ0v) is 16.2. The highest BCUT2D eigenvalue weighted by molar-refractivity contribution is 6.41. The van der Waals surface area contributed by atoms with E-state index in [4.69, 9.17) is 19.5 Å². The van der Waals surface area contributed by atoms with Gasteiger partial charge in [-0.3, -0.25) is 4.90 Å². The average Bonchev–Trinajstić information content (AvgIpc) is 3.44. The second-order valence-electron chi connectivity index (χ2n) is 8.01. The standard InChI is InChI=1S/C19H27BN2O7/c23-16-11(6-7-20(26)27)4-5-14(15(16)19(24)25)28-12-9-22(10-12)18-17(29-18)13-3-1-2-8-21-13/h4-5,12-13,17-18,21,23,26-27H,1-3,6-10H2,(H,24,25). The number of aromatic hydroxyl groups is 1. The van der Waals surface area contributed by atoms with Crippen molar-refractivity contribution in [2.45, 2.75) is 56.5 Å². The lowest BCUT2D eigenvalue weighted by Gasteiger charge is -2.38. The molecule has 3 unspecified atom stereocenters. The predicted molar refractivity (Wildman–Crippen MR) is 104 cm³/mol. The Morgan fingerprint density at radius 3 is 2.76 bits per heavy atom. The molecular formula is C19H27BN2O7. The van der Waals surface area contributed by atoms with E-state index in [2.05, 4.69) is 10.2 Å². The highest BCUT2D eigenvalue weighted by Crippen LogP contribution is 2.37. The molecule has 0 spiro atoms. The summed E-state index contributed by atoms with van der Waals surface area (Å²) in [6.07, 6.45) is 3.88. The van der Waals surface area contributed by atoms with Crippen molar-refractivity contribution in [1.82, 2.24) is 10.2 Å². The molecule has 10 heteroatoms. The number of epoxide rings is 1. The maximum absolute atomic E-state index is 11.6. The summed E-state index contributed by atoms with van der Waals surface area (Å²) in [5, 5.41) is 41.3. The Balaban J connectivity index is 1.33. The van der Waals surface area contributed by atoms with Crippen LogP contribution in [-0.2, 0) is 11.2 Å². The Labute approximate surface area is 169 Å². The van der Waals surface area contributed by atoms with Crippen molar-refractivity contribution in [3.63, 3.8) is 0 Å². The van der Waals surface area contributed by atoms with Gasteiger partial charge in [0.05, 0.1) is 0 Å². The fourth-order valence-corrected chi connectivity index (χ4v) is 4.20. The van der Waals surface area contributed by atoms with Crippen LogP contribution in [0.25, 0.3) is 0 Å². The normalized spacial score (nSPS) is 27.3. The number of carbonyl (C=O) groups is 1. The Bertz CT molecular complexity index is 750. The Kier molecular flexibility index (Phi) is 5.98. The second-order valence-corrected chi connectivity index (χ2v) is 8.01. The quantitative estimate of drug-likeness (QED) is 0.299. The molecule has 0 aromatic heterocycles. The van der Waals surface area contributed by atoms with Gasteiger partial charge in [-0.1, -0.05) is 12.5 Å². The maximum Gasteiger partial charge on any atom is 0.451 e. The lowest BCUT2D eigenvalue weighted by molar-refractivity contribution is -0.00987. The number of piperidine rings is 1. The number of benzene rings is 1. The number of carboxylic acids is 1. The minimum Gasteiger partial charge on any atom is -0.507 e. The zero-order chi connectivity index (χ0) is 20.5. The summed E-state index contributed by atoms with van der Waals surface area (Å²) in [4.78, 5) is 13.8. The summed E-state index contributed by atoms with van der Waals surface area (Å²) in [6, 6.07) is 3.49. The highest BCUT2D eigenvalue weighted by Gasteiger charge is 2.52. The van der Waals surface area contributed by atoms with Crippen molar-refractivity contribution >= 4 is 13.1 Å². The second kappa shape index (κ2) is 8.49. The smallest absolute Gasteiger partial charge is 0.451 e. The molecule has 0 saturated carbocycles. The van der Waals surface area contributed by atoms with E-state index in [0.717, 1.165) is 13.0 Å². The highest BCUT2D eigenvalue weighted by atomic mass is 16.6. The van der Waals surface area contributed by atoms with Gasteiger partial charge in [0, 0.05) is 19.1 Å². The number of aromatic carboxylic acids is 1. The van der Waals surface area contributed by atoms with E-state index >= 15 is 0 Å². The topological polar surface area (TPSA) is 135 Å². The van der Waals surface area contributed by atoms with Crippen LogP contribution >= 0.6 is 0 Å². The summed E-state index contributed by atoms with van der Waals surface area (Å²) in [6.45, 7) is 2.33. The average molecular weight is 406 g/mol. The molecule has 1 aromatic rings. The lowest BCUT2D eigenvalue weighted by atomic mass is 9.82. The molecule has 0 aliphatic carbocycles. The van der Waals surface area contributed by atoms with Crippen LogP contribution in [0.5, 0.6) is 11.5 Å². The molecule has 3 fully saturated rings. The third-order valence-electron chi connectivity index (χ3n) is 5.88. The van der Waals surface area contributed by atoms with Crippen LogP contribution in [0.1, 0.15) is 35.2 Å². The van der Waals surface area contributed by atoms with Gasteiger partial charge < -0.3 is 35.1 Å². The van der Waals surface area contributed by atoms with Gasteiger partial charge >= 0.3 is 13.1 Å². The minimum atomic E-state index is -1.52. The molecule has 3 saturated heterocycles. The first-order valence-electron chi connectivity index (χ1n) is 10.2. The van der Waals surface area contributed by atoms with Crippen LogP contribution < -0.4 is 10.1 Å². The van der Waals surface area contributed by atoms with Crippen molar-refractivity contribution in [2.24, 2.45) is 0 Å². The number of nitrogens with one attached hydrogen (secondary N) is 1. The van der Waals surface area contributed by atoms with Crippen molar-refractivity contribution in [3.8, 4) is 11.5 Å². The zero-order valence-electron chi connectivity index (χ0n) is 16.2. The Morgan fingerprint density at radius 2 is 2.10 bits per heavy atom. The van der Waals surface area contributed by atoms with E-state index in [9.17, 15) is 15.0 Å². The molecule has 9 nitrogen and oxygen atoms in total. The van der Waals surface area contributed by atoms with Crippen LogP contribution in [0, 0.1) is 0 Å². The number of aryl methyl sites for hydroxylation is 1. The number of hydrogen-bond donors (Lipinski definition) is 5. The van der Waals surface area contributed by atoms with Crippen molar-refractivity contribution < 1.29 is 34.5 Å².